The third kappa shape index (κ3) is 4.49. The summed E-state index contributed by atoms with van der Waals surface area (Å²) in [5.74, 6) is 1.25. The summed E-state index contributed by atoms with van der Waals surface area (Å²) >= 11 is 5.90. The van der Waals surface area contributed by atoms with Gasteiger partial charge in [-0.05, 0) is 44.2 Å². The molecule has 1 N–H and O–H groups in total. The Bertz CT molecular complexity index is 427. The number of anilines is 1. The molecule has 0 aromatic carbocycles. The van der Waals surface area contributed by atoms with Crippen molar-refractivity contribution in [2.24, 2.45) is 5.92 Å². The second-order valence-corrected chi connectivity index (χ2v) is 5.83. The Morgan fingerprint density at radius 1 is 1.26 bits per heavy atom. The molecule has 0 amide bonds. The summed E-state index contributed by atoms with van der Waals surface area (Å²) in [6.07, 6.45) is 4.85. The number of nitrogens with one attached hydrogen (secondary N) is 1. The molecule has 0 bridgehead atoms. The van der Waals surface area contributed by atoms with Gasteiger partial charge in [-0.15, -0.1) is 0 Å². The van der Waals surface area contributed by atoms with Crippen LogP contribution in [0.15, 0.2) is 0 Å². The highest BCUT2D eigenvalue weighted by Crippen LogP contribution is 2.25. The number of hydrogen-bond donors (Lipinski definition) is 1. The second-order valence-electron chi connectivity index (χ2n) is 5.49. The molecule has 1 aliphatic carbocycles. The third-order valence-electron chi connectivity index (χ3n) is 3.20. The SMILES string of the molecule is CC1CCCC(Nc2nc(Cl)nc(OC(C)C)n2)C1. The van der Waals surface area contributed by atoms with Gasteiger partial charge in [-0.3, -0.25) is 0 Å². The molecule has 2 unspecified atom stereocenters. The monoisotopic (exact) mass is 284 g/mol. The molecule has 1 heterocycles. The van der Waals surface area contributed by atoms with E-state index in [1.54, 1.807) is 0 Å². The lowest BCUT2D eigenvalue weighted by Gasteiger charge is -2.27. The number of ether oxygens (including phenoxy) is 1. The van der Waals surface area contributed by atoms with E-state index in [-0.39, 0.29) is 17.4 Å². The first-order chi connectivity index (χ1) is 9.02. The van der Waals surface area contributed by atoms with E-state index in [4.69, 9.17) is 16.3 Å². The average Bonchev–Trinajstić information content (AvgIpc) is 2.26. The molecule has 19 heavy (non-hydrogen) atoms. The lowest BCUT2D eigenvalue weighted by atomic mass is 9.87. The van der Waals surface area contributed by atoms with Gasteiger partial charge in [-0.1, -0.05) is 19.8 Å². The van der Waals surface area contributed by atoms with Crippen LogP contribution in [-0.2, 0) is 0 Å². The van der Waals surface area contributed by atoms with Gasteiger partial charge in [-0.25, -0.2) is 0 Å². The predicted molar refractivity (Wildman–Crippen MR) is 75.6 cm³/mol. The molecule has 6 heteroatoms. The Kier molecular flexibility index (Phi) is 4.80. The first kappa shape index (κ1) is 14.3. The second kappa shape index (κ2) is 6.37. The fraction of sp³-hybridized carbons (Fsp3) is 0.769. The zero-order chi connectivity index (χ0) is 13.8. The van der Waals surface area contributed by atoms with Crippen molar-refractivity contribution < 1.29 is 4.74 Å². The number of aromatic nitrogens is 3. The minimum absolute atomic E-state index is 0.0148. The van der Waals surface area contributed by atoms with Crippen LogP contribution in [0.4, 0.5) is 5.95 Å². The van der Waals surface area contributed by atoms with Crippen LogP contribution in [0.2, 0.25) is 5.28 Å². The van der Waals surface area contributed by atoms with Crippen LogP contribution in [0.25, 0.3) is 0 Å². The van der Waals surface area contributed by atoms with Gasteiger partial charge in [0.05, 0.1) is 6.10 Å². The molecular weight excluding hydrogens is 264 g/mol. The third-order valence-corrected chi connectivity index (χ3v) is 3.37. The normalized spacial score (nSPS) is 23.4. The van der Waals surface area contributed by atoms with Crippen molar-refractivity contribution >= 4 is 17.5 Å². The predicted octanol–water partition coefficient (Wildman–Crippen LogP) is 3.30. The van der Waals surface area contributed by atoms with E-state index in [0.717, 1.165) is 18.8 Å². The van der Waals surface area contributed by atoms with Crippen LogP contribution >= 0.6 is 11.6 Å². The molecule has 0 saturated heterocycles. The van der Waals surface area contributed by atoms with Crippen molar-refractivity contribution in [2.45, 2.75) is 58.6 Å². The van der Waals surface area contributed by atoms with Crippen molar-refractivity contribution in [3.8, 4) is 6.01 Å². The Hall–Kier alpha value is -1.10. The van der Waals surface area contributed by atoms with Gasteiger partial charge in [0.2, 0.25) is 11.2 Å². The maximum Gasteiger partial charge on any atom is 0.322 e. The number of hydrogen-bond acceptors (Lipinski definition) is 5. The molecular formula is C13H21ClN4O. The van der Waals surface area contributed by atoms with Gasteiger partial charge >= 0.3 is 6.01 Å². The largest absolute Gasteiger partial charge is 0.461 e. The van der Waals surface area contributed by atoms with E-state index in [0.29, 0.717) is 12.0 Å². The summed E-state index contributed by atoms with van der Waals surface area (Å²) in [7, 11) is 0. The number of halogens is 1. The summed E-state index contributed by atoms with van der Waals surface area (Å²) in [6.45, 7) is 6.13. The molecule has 1 saturated carbocycles. The zero-order valence-electron chi connectivity index (χ0n) is 11.7. The first-order valence-corrected chi connectivity index (χ1v) is 7.25. The topological polar surface area (TPSA) is 59.9 Å². The van der Waals surface area contributed by atoms with Crippen LogP contribution in [0, 0.1) is 5.92 Å². The molecule has 0 spiro atoms. The highest BCUT2D eigenvalue weighted by molar-refractivity contribution is 6.28. The van der Waals surface area contributed by atoms with Gasteiger partial charge in [0, 0.05) is 6.04 Å². The van der Waals surface area contributed by atoms with E-state index < -0.39 is 0 Å². The zero-order valence-corrected chi connectivity index (χ0v) is 12.4. The first-order valence-electron chi connectivity index (χ1n) is 6.87. The number of rotatable bonds is 4. The highest BCUT2D eigenvalue weighted by Gasteiger charge is 2.20. The quantitative estimate of drug-likeness (QED) is 0.919. The Labute approximate surface area is 119 Å². The van der Waals surface area contributed by atoms with Crippen LogP contribution in [0.1, 0.15) is 46.5 Å². The van der Waals surface area contributed by atoms with Crippen LogP contribution < -0.4 is 10.1 Å². The Morgan fingerprint density at radius 2 is 2.05 bits per heavy atom. The molecule has 5 nitrogen and oxygen atoms in total. The molecule has 2 atom stereocenters. The summed E-state index contributed by atoms with van der Waals surface area (Å²) in [6, 6.07) is 0.690. The molecule has 1 aromatic rings. The van der Waals surface area contributed by atoms with Gasteiger partial charge < -0.3 is 10.1 Å². The fourth-order valence-corrected chi connectivity index (χ4v) is 2.56. The van der Waals surface area contributed by atoms with Crippen molar-refractivity contribution in [3.05, 3.63) is 5.28 Å². The standard InChI is InChI=1S/C13H21ClN4O/c1-8(2)19-13-17-11(14)16-12(18-13)15-10-6-4-5-9(3)7-10/h8-10H,4-7H2,1-3H3,(H,15,16,17,18). The van der Waals surface area contributed by atoms with Crippen LogP contribution in [-0.4, -0.2) is 27.1 Å². The molecule has 106 valence electrons. The van der Waals surface area contributed by atoms with Crippen molar-refractivity contribution in [1.82, 2.24) is 15.0 Å². The molecule has 1 fully saturated rings. The van der Waals surface area contributed by atoms with Crippen molar-refractivity contribution in [2.75, 3.05) is 5.32 Å². The van der Waals surface area contributed by atoms with Crippen LogP contribution in [0.3, 0.4) is 0 Å². The van der Waals surface area contributed by atoms with E-state index in [1.807, 2.05) is 13.8 Å². The molecule has 0 radical (unpaired) electrons. The highest BCUT2D eigenvalue weighted by atomic mass is 35.5. The van der Waals surface area contributed by atoms with Crippen molar-refractivity contribution in [3.63, 3.8) is 0 Å². The Morgan fingerprint density at radius 3 is 2.74 bits per heavy atom. The summed E-state index contributed by atoms with van der Waals surface area (Å²) < 4.78 is 5.46. The molecule has 1 aliphatic rings. The minimum Gasteiger partial charge on any atom is -0.461 e. The maximum atomic E-state index is 5.90. The van der Waals surface area contributed by atoms with Gasteiger partial charge in [0.1, 0.15) is 0 Å². The minimum atomic E-state index is 0.0148. The lowest BCUT2D eigenvalue weighted by Crippen LogP contribution is -2.27. The summed E-state index contributed by atoms with van der Waals surface area (Å²) in [4.78, 5) is 12.3. The van der Waals surface area contributed by atoms with Crippen LogP contribution in [0.5, 0.6) is 6.01 Å². The fourth-order valence-electron chi connectivity index (χ4n) is 2.41. The van der Waals surface area contributed by atoms with E-state index in [1.165, 1.54) is 12.8 Å². The number of nitrogens with zero attached hydrogens (tertiary/aromatic N) is 3. The maximum absolute atomic E-state index is 5.90. The molecule has 2 rings (SSSR count). The van der Waals surface area contributed by atoms with E-state index in [2.05, 4.69) is 27.2 Å². The van der Waals surface area contributed by atoms with Gasteiger partial charge in [-0.2, -0.15) is 15.0 Å². The van der Waals surface area contributed by atoms with Gasteiger partial charge in [0.25, 0.3) is 0 Å². The van der Waals surface area contributed by atoms with E-state index >= 15 is 0 Å². The van der Waals surface area contributed by atoms with E-state index in [9.17, 15) is 0 Å². The lowest BCUT2D eigenvalue weighted by molar-refractivity contribution is 0.221. The molecule has 0 aliphatic heterocycles. The Balaban J connectivity index is 2.04. The summed E-state index contributed by atoms with van der Waals surface area (Å²) in [5, 5.41) is 3.50. The summed E-state index contributed by atoms with van der Waals surface area (Å²) in [5.41, 5.74) is 0. The van der Waals surface area contributed by atoms with Crippen molar-refractivity contribution in [1.29, 1.82) is 0 Å². The smallest absolute Gasteiger partial charge is 0.322 e. The van der Waals surface area contributed by atoms with Gasteiger partial charge in [0.15, 0.2) is 0 Å². The molecule has 1 aromatic heterocycles. The average molecular weight is 285 g/mol.